The monoisotopic (exact) mass is 384 g/mol. The van der Waals surface area contributed by atoms with Gasteiger partial charge < -0.3 is 4.74 Å². The van der Waals surface area contributed by atoms with Gasteiger partial charge in [0, 0.05) is 11.4 Å². The zero-order valence-corrected chi connectivity index (χ0v) is 15.3. The third-order valence-corrected chi connectivity index (χ3v) is 5.04. The fraction of sp³-hybridized carbons (Fsp3) is 0.286. The Labute approximate surface area is 148 Å². The summed E-state index contributed by atoms with van der Waals surface area (Å²) in [4.78, 5) is 31.6. The number of anilines is 1. The average molecular weight is 384 g/mol. The van der Waals surface area contributed by atoms with E-state index in [1.54, 1.807) is 25.3 Å². The Balaban J connectivity index is 2.07. The number of amides is 2. The van der Waals surface area contributed by atoms with Crippen LogP contribution in [0.5, 0.6) is 0 Å². The first-order chi connectivity index (χ1) is 11.7. The van der Waals surface area contributed by atoms with E-state index in [1.165, 1.54) is 13.2 Å². The van der Waals surface area contributed by atoms with Crippen molar-refractivity contribution in [3.05, 3.63) is 39.3 Å². The minimum atomic E-state index is -4.03. The molecule has 11 heteroatoms. The smallest absolute Gasteiger partial charge is 0.348 e. The molecule has 0 radical (unpaired) electrons. The second kappa shape index (κ2) is 7.57. The standard InChI is InChI=1S/C14H16N4O5S2/c1-8-6-9(2)16-13(15-8)17-14(20)18-25(21,22)7-10-4-5-24-11(10)12(19)23-3/h4-6H,7H2,1-3H3,(H2,15,16,17,18,20). The molecule has 134 valence electrons. The number of aryl methyl sites for hydroxylation is 2. The number of urea groups is 1. The van der Waals surface area contributed by atoms with E-state index in [-0.39, 0.29) is 16.4 Å². The molecule has 2 heterocycles. The van der Waals surface area contributed by atoms with E-state index in [2.05, 4.69) is 20.0 Å². The van der Waals surface area contributed by atoms with Gasteiger partial charge in [-0.2, -0.15) is 0 Å². The molecular formula is C14H16N4O5S2. The predicted octanol–water partition coefficient (Wildman–Crippen LogP) is 1.59. The van der Waals surface area contributed by atoms with Crippen LogP contribution in [-0.2, 0) is 20.5 Å². The van der Waals surface area contributed by atoms with E-state index in [1.807, 2.05) is 4.72 Å². The van der Waals surface area contributed by atoms with Gasteiger partial charge in [0.15, 0.2) is 0 Å². The summed E-state index contributed by atoms with van der Waals surface area (Å²) in [5.41, 5.74) is 1.51. The number of hydrogen-bond donors (Lipinski definition) is 2. The van der Waals surface area contributed by atoms with Crippen molar-refractivity contribution in [1.29, 1.82) is 0 Å². The van der Waals surface area contributed by atoms with Gasteiger partial charge in [0.05, 0.1) is 12.9 Å². The number of thiophene rings is 1. The van der Waals surface area contributed by atoms with Gasteiger partial charge in [-0.15, -0.1) is 11.3 Å². The van der Waals surface area contributed by atoms with E-state index in [9.17, 15) is 18.0 Å². The fourth-order valence-corrected chi connectivity index (χ4v) is 4.00. The summed E-state index contributed by atoms with van der Waals surface area (Å²) in [6.45, 7) is 3.44. The zero-order valence-electron chi connectivity index (χ0n) is 13.7. The molecule has 2 rings (SSSR count). The van der Waals surface area contributed by atoms with Crippen molar-refractivity contribution in [2.75, 3.05) is 12.4 Å². The van der Waals surface area contributed by atoms with E-state index >= 15 is 0 Å². The fourth-order valence-electron chi connectivity index (χ4n) is 2.01. The predicted molar refractivity (Wildman–Crippen MR) is 91.9 cm³/mol. The molecule has 9 nitrogen and oxygen atoms in total. The number of carbonyl (C=O) groups excluding carboxylic acids is 2. The number of nitrogens with one attached hydrogen (secondary N) is 2. The number of methoxy groups -OCH3 is 1. The molecule has 0 atom stereocenters. The Hall–Kier alpha value is -2.53. The van der Waals surface area contributed by atoms with Crippen LogP contribution in [0.1, 0.15) is 26.6 Å². The lowest BCUT2D eigenvalue weighted by Gasteiger charge is -2.09. The van der Waals surface area contributed by atoms with Crippen LogP contribution >= 0.6 is 11.3 Å². The summed E-state index contributed by atoms with van der Waals surface area (Å²) < 4.78 is 30.7. The van der Waals surface area contributed by atoms with Crippen LogP contribution in [0.2, 0.25) is 0 Å². The van der Waals surface area contributed by atoms with Gasteiger partial charge in [-0.25, -0.2) is 32.7 Å². The van der Waals surface area contributed by atoms with Gasteiger partial charge in [-0.05, 0) is 36.9 Å². The van der Waals surface area contributed by atoms with Gasteiger partial charge in [0.1, 0.15) is 4.88 Å². The molecule has 0 aliphatic carbocycles. The van der Waals surface area contributed by atoms with Gasteiger partial charge >= 0.3 is 12.0 Å². The maximum atomic E-state index is 12.1. The minimum absolute atomic E-state index is 0.00372. The van der Waals surface area contributed by atoms with E-state index in [0.717, 1.165) is 11.3 Å². The van der Waals surface area contributed by atoms with Gasteiger partial charge in [-0.3, -0.25) is 5.32 Å². The second-order valence-corrected chi connectivity index (χ2v) is 7.69. The lowest BCUT2D eigenvalue weighted by Crippen LogP contribution is -2.35. The van der Waals surface area contributed by atoms with Crippen molar-refractivity contribution >= 4 is 39.3 Å². The molecule has 0 aliphatic heterocycles. The molecule has 0 unspecified atom stereocenters. The summed E-state index contributed by atoms with van der Waals surface area (Å²) in [6.07, 6.45) is 0. The molecule has 2 N–H and O–H groups in total. The molecule has 0 aliphatic rings. The summed E-state index contributed by atoms with van der Waals surface area (Å²) >= 11 is 1.06. The van der Waals surface area contributed by atoms with Crippen molar-refractivity contribution in [3.8, 4) is 0 Å². The van der Waals surface area contributed by atoms with E-state index in [0.29, 0.717) is 11.4 Å². The third kappa shape index (κ3) is 5.22. The SMILES string of the molecule is COC(=O)c1sccc1CS(=O)(=O)NC(=O)Nc1nc(C)cc(C)n1. The lowest BCUT2D eigenvalue weighted by atomic mass is 10.3. The summed E-state index contributed by atoms with van der Waals surface area (Å²) in [5.74, 6) is -1.17. The van der Waals surface area contributed by atoms with Crippen molar-refractivity contribution in [3.63, 3.8) is 0 Å². The number of rotatable bonds is 5. The molecule has 0 bridgehead atoms. The Kier molecular flexibility index (Phi) is 5.69. The Bertz CT molecular complexity index is 887. The molecule has 2 amide bonds. The van der Waals surface area contributed by atoms with Crippen LogP contribution in [0.3, 0.4) is 0 Å². The van der Waals surface area contributed by atoms with Crippen molar-refractivity contribution < 1.29 is 22.7 Å². The lowest BCUT2D eigenvalue weighted by molar-refractivity contribution is 0.0605. The second-order valence-electron chi connectivity index (χ2n) is 5.06. The highest BCUT2D eigenvalue weighted by molar-refractivity contribution is 7.89. The van der Waals surface area contributed by atoms with Crippen molar-refractivity contribution in [2.45, 2.75) is 19.6 Å². The van der Waals surface area contributed by atoms with Crippen molar-refractivity contribution in [2.24, 2.45) is 0 Å². The number of ether oxygens (including phenoxy) is 1. The number of aromatic nitrogens is 2. The van der Waals surface area contributed by atoms with E-state index in [4.69, 9.17) is 0 Å². The molecule has 0 aromatic carbocycles. The van der Waals surface area contributed by atoms with Crippen LogP contribution in [0.25, 0.3) is 0 Å². The first-order valence-corrected chi connectivity index (χ1v) is 9.52. The molecule has 0 fully saturated rings. The average Bonchev–Trinajstić information content (AvgIpc) is 2.91. The highest BCUT2D eigenvalue weighted by Crippen LogP contribution is 2.20. The molecule has 0 spiro atoms. The summed E-state index contributed by atoms with van der Waals surface area (Å²) in [5, 5.41) is 3.84. The number of esters is 1. The highest BCUT2D eigenvalue weighted by Gasteiger charge is 2.22. The Morgan fingerprint density at radius 2 is 1.88 bits per heavy atom. The molecule has 0 saturated heterocycles. The third-order valence-electron chi connectivity index (χ3n) is 2.92. The highest BCUT2D eigenvalue weighted by atomic mass is 32.2. The molecule has 2 aromatic heterocycles. The number of carbonyl (C=O) groups is 2. The summed E-state index contributed by atoms with van der Waals surface area (Å²) in [7, 11) is -2.82. The van der Waals surface area contributed by atoms with Gasteiger partial charge in [0.2, 0.25) is 16.0 Å². The minimum Gasteiger partial charge on any atom is -0.465 e. The van der Waals surface area contributed by atoms with E-state index < -0.39 is 27.8 Å². The normalized spacial score (nSPS) is 11.0. The van der Waals surface area contributed by atoms with Crippen LogP contribution in [0.15, 0.2) is 17.5 Å². The van der Waals surface area contributed by atoms with Crippen LogP contribution in [0, 0.1) is 13.8 Å². The topological polar surface area (TPSA) is 127 Å². The summed E-state index contributed by atoms with van der Waals surface area (Å²) in [6, 6.07) is 2.21. The van der Waals surface area contributed by atoms with Crippen molar-refractivity contribution in [1.82, 2.24) is 14.7 Å². The molecular weight excluding hydrogens is 368 g/mol. The first kappa shape index (κ1) is 18.8. The molecule has 25 heavy (non-hydrogen) atoms. The zero-order chi connectivity index (χ0) is 18.6. The number of sulfonamides is 1. The Morgan fingerprint density at radius 3 is 2.48 bits per heavy atom. The van der Waals surface area contributed by atoms with Crippen LogP contribution < -0.4 is 10.0 Å². The number of nitrogens with zero attached hydrogens (tertiary/aromatic N) is 2. The maximum absolute atomic E-state index is 12.1. The molecule has 0 saturated carbocycles. The molecule has 2 aromatic rings. The van der Waals surface area contributed by atoms with Crippen LogP contribution in [0.4, 0.5) is 10.7 Å². The number of hydrogen-bond acceptors (Lipinski definition) is 8. The maximum Gasteiger partial charge on any atom is 0.348 e. The quantitative estimate of drug-likeness (QED) is 0.749. The van der Waals surface area contributed by atoms with Gasteiger partial charge in [0.25, 0.3) is 0 Å². The Morgan fingerprint density at radius 1 is 1.24 bits per heavy atom. The largest absolute Gasteiger partial charge is 0.465 e. The van der Waals surface area contributed by atoms with Gasteiger partial charge in [-0.1, -0.05) is 0 Å². The van der Waals surface area contributed by atoms with Crippen LogP contribution in [-0.4, -0.2) is 37.5 Å². The first-order valence-electron chi connectivity index (χ1n) is 6.98.